The number of aryl methyl sites for hydroxylation is 1. The average molecular weight is 291 g/mol. The summed E-state index contributed by atoms with van der Waals surface area (Å²) in [6.07, 6.45) is 0. The Morgan fingerprint density at radius 1 is 1.30 bits per heavy atom. The lowest BCUT2D eigenvalue weighted by atomic mass is 10.0. The summed E-state index contributed by atoms with van der Waals surface area (Å²) in [6.45, 7) is 1.81. The topological polar surface area (TPSA) is 59.7 Å². The Labute approximate surface area is 119 Å². The molecule has 0 amide bonds. The van der Waals surface area contributed by atoms with Gasteiger partial charge in [-0.2, -0.15) is 0 Å². The first-order valence-corrected chi connectivity index (χ1v) is 6.34. The molecule has 0 atom stereocenters. The van der Waals surface area contributed by atoms with Gasteiger partial charge in [0, 0.05) is 10.8 Å². The second kappa shape index (κ2) is 4.42. The van der Waals surface area contributed by atoms with E-state index in [9.17, 15) is 9.90 Å². The van der Waals surface area contributed by atoms with Crippen molar-refractivity contribution in [2.75, 3.05) is 7.11 Å². The van der Waals surface area contributed by atoms with Crippen LogP contribution in [0.4, 0.5) is 0 Å². The minimum Gasteiger partial charge on any atom is -0.506 e. The molecule has 4 nitrogen and oxygen atoms in total. The SMILES string of the molecule is COc1cccc2c(=O)oc3c(Cl)c(O)cc(C)c3c12. The standard InChI is InChI=1S/C15H11ClO4/c1-7-6-9(17)13(16)14-11(7)12-8(15(18)20-14)4-3-5-10(12)19-2/h3-6,17H,1-2H3. The van der Waals surface area contributed by atoms with Gasteiger partial charge in [-0.25, -0.2) is 4.79 Å². The lowest BCUT2D eigenvalue weighted by molar-refractivity contribution is 0.419. The fraction of sp³-hybridized carbons (Fsp3) is 0.133. The average Bonchev–Trinajstić information content (AvgIpc) is 2.44. The summed E-state index contributed by atoms with van der Waals surface area (Å²) in [7, 11) is 1.53. The molecule has 3 aromatic rings. The molecule has 0 bridgehead atoms. The van der Waals surface area contributed by atoms with Crippen molar-refractivity contribution < 1.29 is 14.3 Å². The molecular formula is C15H11ClO4. The number of hydrogen-bond acceptors (Lipinski definition) is 4. The van der Waals surface area contributed by atoms with Gasteiger partial charge < -0.3 is 14.3 Å². The van der Waals surface area contributed by atoms with Crippen molar-refractivity contribution in [2.45, 2.75) is 6.92 Å². The third-order valence-electron chi connectivity index (χ3n) is 3.31. The maximum atomic E-state index is 12.1. The van der Waals surface area contributed by atoms with Crippen molar-refractivity contribution in [3.05, 3.63) is 45.3 Å². The van der Waals surface area contributed by atoms with Crippen LogP contribution in [0.3, 0.4) is 0 Å². The predicted molar refractivity (Wildman–Crippen MR) is 78.0 cm³/mol. The predicted octanol–water partition coefficient (Wildman–Crippen LogP) is 3.62. The van der Waals surface area contributed by atoms with E-state index in [1.54, 1.807) is 18.2 Å². The molecule has 5 heteroatoms. The molecular weight excluding hydrogens is 280 g/mol. The van der Waals surface area contributed by atoms with Gasteiger partial charge >= 0.3 is 5.63 Å². The monoisotopic (exact) mass is 290 g/mol. The number of benzene rings is 2. The summed E-state index contributed by atoms with van der Waals surface area (Å²) < 4.78 is 10.6. The van der Waals surface area contributed by atoms with Crippen LogP contribution in [0.1, 0.15) is 5.56 Å². The van der Waals surface area contributed by atoms with Crippen molar-refractivity contribution >= 4 is 33.3 Å². The molecule has 102 valence electrons. The zero-order chi connectivity index (χ0) is 14.4. The van der Waals surface area contributed by atoms with Gasteiger partial charge in [0.2, 0.25) is 0 Å². The lowest BCUT2D eigenvalue weighted by Crippen LogP contribution is -2.02. The fourth-order valence-corrected chi connectivity index (χ4v) is 2.62. The molecule has 0 saturated carbocycles. The van der Waals surface area contributed by atoms with Gasteiger partial charge in [-0.1, -0.05) is 17.7 Å². The Balaban J connectivity index is 2.72. The minimum atomic E-state index is -0.515. The fourth-order valence-electron chi connectivity index (χ4n) is 2.43. The zero-order valence-corrected chi connectivity index (χ0v) is 11.6. The van der Waals surface area contributed by atoms with Crippen LogP contribution in [0, 0.1) is 6.92 Å². The highest BCUT2D eigenvalue weighted by Gasteiger charge is 2.17. The number of phenolic OH excluding ortho intramolecular Hbond substituents is 1. The van der Waals surface area contributed by atoms with Crippen molar-refractivity contribution in [2.24, 2.45) is 0 Å². The van der Waals surface area contributed by atoms with Gasteiger partial charge in [-0.3, -0.25) is 0 Å². The molecule has 20 heavy (non-hydrogen) atoms. The van der Waals surface area contributed by atoms with Gasteiger partial charge in [0.05, 0.1) is 12.5 Å². The van der Waals surface area contributed by atoms with Crippen molar-refractivity contribution in [1.82, 2.24) is 0 Å². The van der Waals surface area contributed by atoms with Gasteiger partial charge in [0.15, 0.2) is 5.58 Å². The Kier molecular flexibility index (Phi) is 2.83. The van der Waals surface area contributed by atoms with E-state index in [4.69, 9.17) is 20.8 Å². The van der Waals surface area contributed by atoms with Crippen molar-refractivity contribution in [3.8, 4) is 11.5 Å². The number of ether oxygens (including phenoxy) is 1. The molecule has 0 radical (unpaired) electrons. The normalized spacial score (nSPS) is 11.2. The molecule has 0 aliphatic heterocycles. The number of phenols is 1. The Hall–Kier alpha value is -2.20. The molecule has 3 rings (SSSR count). The molecule has 0 aliphatic rings. The Morgan fingerprint density at radius 3 is 2.75 bits per heavy atom. The highest BCUT2D eigenvalue weighted by Crippen LogP contribution is 2.39. The first kappa shape index (κ1) is 12.8. The molecule has 1 heterocycles. The number of halogens is 1. The van der Waals surface area contributed by atoms with E-state index in [-0.39, 0.29) is 16.4 Å². The minimum absolute atomic E-state index is 0.0236. The molecule has 0 unspecified atom stereocenters. The van der Waals surface area contributed by atoms with E-state index >= 15 is 0 Å². The van der Waals surface area contributed by atoms with Gasteiger partial charge in [-0.15, -0.1) is 0 Å². The van der Waals surface area contributed by atoms with Crippen LogP contribution in [-0.2, 0) is 0 Å². The maximum absolute atomic E-state index is 12.1. The third-order valence-corrected chi connectivity index (χ3v) is 3.67. The van der Waals surface area contributed by atoms with E-state index < -0.39 is 5.63 Å². The van der Waals surface area contributed by atoms with Crippen LogP contribution in [0.2, 0.25) is 5.02 Å². The Bertz CT molecular complexity index is 896. The van der Waals surface area contributed by atoms with E-state index in [1.807, 2.05) is 6.92 Å². The highest BCUT2D eigenvalue weighted by molar-refractivity contribution is 6.37. The largest absolute Gasteiger partial charge is 0.506 e. The number of methoxy groups -OCH3 is 1. The van der Waals surface area contributed by atoms with E-state index in [0.29, 0.717) is 21.9 Å². The number of hydrogen-bond donors (Lipinski definition) is 1. The molecule has 0 fully saturated rings. The van der Waals surface area contributed by atoms with Gasteiger partial charge in [0.1, 0.15) is 16.5 Å². The van der Waals surface area contributed by atoms with E-state index in [2.05, 4.69) is 0 Å². The quantitative estimate of drug-likeness (QED) is 0.549. The number of aromatic hydroxyl groups is 1. The summed E-state index contributed by atoms with van der Waals surface area (Å²) in [5, 5.41) is 11.5. The maximum Gasteiger partial charge on any atom is 0.344 e. The van der Waals surface area contributed by atoms with Crippen LogP contribution in [0.15, 0.2) is 33.5 Å². The van der Waals surface area contributed by atoms with Crippen LogP contribution in [-0.4, -0.2) is 12.2 Å². The summed E-state index contributed by atoms with van der Waals surface area (Å²) in [5.74, 6) is 0.444. The molecule has 2 aromatic carbocycles. The molecule has 1 N–H and O–H groups in total. The molecule has 0 spiro atoms. The van der Waals surface area contributed by atoms with Crippen molar-refractivity contribution in [3.63, 3.8) is 0 Å². The number of fused-ring (bicyclic) bond motifs is 3. The first-order chi connectivity index (χ1) is 9.54. The second-order valence-corrected chi connectivity index (χ2v) is 4.88. The zero-order valence-electron chi connectivity index (χ0n) is 10.9. The third kappa shape index (κ3) is 1.65. The summed E-state index contributed by atoms with van der Waals surface area (Å²) in [5.41, 5.74) is 0.407. The van der Waals surface area contributed by atoms with Gasteiger partial charge in [0.25, 0.3) is 0 Å². The van der Waals surface area contributed by atoms with Gasteiger partial charge in [-0.05, 0) is 30.7 Å². The molecule has 1 aromatic heterocycles. The summed E-state index contributed by atoms with van der Waals surface area (Å²) >= 11 is 6.04. The first-order valence-electron chi connectivity index (χ1n) is 5.96. The smallest absolute Gasteiger partial charge is 0.344 e. The van der Waals surface area contributed by atoms with E-state index in [0.717, 1.165) is 5.56 Å². The summed E-state index contributed by atoms with van der Waals surface area (Å²) in [6, 6.07) is 6.70. The highest BCUT2D eigenvalue weighted by atomic mass is 35.5. The number of rotatable bonds is 1. The van der Waals surface area contributed by atoms with Crippen LogP contribution >= 0.6 is 11.6 Å². The molecule has 0 saturated heterocycles. The Morgan fingerprint density at radius 2 is 2.05 bits per heavy atom. The van der Waals surface area contributed by atoms with Crippen LogP contribution in [0.25, 0.3) is 21.7 Å². The lowest BCUT2D eigenvalue weighted by Gasteiger charge is -2.11. The second-order valence-electron chi connectivity index (χ2n) is 4.50. The molecule has 0 aliphatic carbocycles. The van der Waals surface area contributed by atoms with Crippen LogP contribution < -0.4 is 10.4 Å². The van der Waals surface area contributed by atoms with E-state index in [1.165, 1.54) is 13.2 Å². The van der Waals surface area contributed by atoms with Crippen molar-refractivity contribution in [1.29, 1.82) is 0 Å². The summed E-state index contributed by atoms with van der Waals surface area (Å²) in [4.78, 5) is 12.1. The van der Waals surface area contributed by atoms with Crippen LogP contribution in [0.5, 0.6) is 11.5 Å².